The first-order valence-electron chi connectivity index (χ1n) is 9.20. The molecule has 0 saturated heterocycles. The number of nitrogens with zero attached hydrogens (tertiary/aromatic N) is 2. The minimum Gasteiger partial charge on any atom is -0.348 e. The molecule has 0 aliphatic carbocycles. The Morgan fingerprint density at radius 2 is 1.93 bits per heavy atom. The van der Waals surface area contributed by atoms with E-state index in [2.05, 4.69) is 15.4 Å². The van der Waals surface area contributed by atoms with Crippen molar-refractivity contribution in [1.29, 1.82) is 0 Å². The van der Waals surface area contributed by atoms with Crippen LogP contribution in [0.5, 0.6) is 0 Å². The maximum atomic E-state index is 13.8. The maximum absolute atomic E-state index is 13.8. The normalized spacial score (nSPS) is 13.1. The SMILES string of the molecule is Cc1cc(-c2cn3nc(C(=O)N[C@H](C)C(C)C)c(C(F)(F)F)c3c(=O)[nH]2)ccc1Cl. The molecular weight excluding hydrogens is 421 g/mol. The molecule has 0 spiro atoms. The van der Waals surface area contributed by atoms with E-state index in [9.17, 15) is 22.8 Å². The molecule has 0 bridgehead atoms. The van der Waals surface area contributed by atoms with Crippen LogP contribution in [0, 0.1) is 12.8 Å². The molecule has 10 heteroatoms. The molecule has 1 atom stereocenters. The molecule has 0 unspecified atom stereocenters. The zero-order valence-electron chi connectivity index (χ0n) is 16.7. The van der Waals surface area contributed by atoms with Gasteiger partial charge in [0.2, 0.25) is 0 Å². The fourth-order valence-electron chi connectivity index (χ4n) is 2.91. The molecule has 0 saturated carbocycles. The second-order valence-electron chi connectivity index (χ2n) is 7.48. The van der Waals surface area contributed by atoms with Crippen LogP contribution in [-0.4, -0.2) is 26.5 Å². The van der Waals surface area contributed by atoms with Gasteiger partial charge in [-0.3, -0.25) is 9.59 Å². The summed E-state index contributed by atoms with van der Waals surface area (Å²) in [7, 11) is 0. The second-order valence-corrected chi connectivity index (χ2v) is 7.89. The Morgan fingerprint density at radius 3 is 2.50 bits per heavy atom. The van der Waals surface area contributed by atoms with Gasteiger partial charge in [-0.2, -0.15) is 18.3 Å². The van der Waals surface area contributed by atoms with Crippen molar-refractivity contribution in [3.63, 3.8) is 0 Å². The van der Waals surface area contributed by atoms with E-state index in [1.807, 2.05) is 13.8 Å². The molecule has 1 amide bonds. The van der Waals surface area contributed by atoms with Gasteiger partial charge in [0.25, 0.3) is 11.5 Å². The molecule has 3 rings (SSSR count). The van der Waals surface area contributed by atoms with E-state index in [1.165, 1.54) is 6.20 Å². The lowest BCUT2D eigenvalue weighted by atomic mass is 10.1. The largest absolute Gasteiger partial charge is 0.421 e. The van der Waals surface area contributed by atoms with Gasteiger partial charge in [0, 0.05) is 11.1 Å². The number of halogens is 4. The number of amides is 1. The highest BCUT2D eigenvalue weighted by molar-refractivity contribution is 6.31. The maximum Gasteiger partial charge on any atom is 0.421 e. The minimum absolute atomic E-state index is 0.00321. The fourth-order valence-corrected chi connectivity index (χ4v) is 3.03. The number of hydrogen-bond donors (Lipinski definition) is 2. The van der Waals surface area contributed by atoms with E-state index in [4.69, 9.17) is 11.6 Å². The number of H-pyrrole nitrogens is 1. The van der Waals surface area contributed by atoms with Gasteiger partial charge < -0.3 is 10.3 Å². The fraction of sp³-hybridized carbons (Fsp3) is 0.350. The van der Waals surface area contributed by atoms with Crippen molar-refractivity contribution in [3.05, 3.63) is 56.6 Å². The molecule has 0 aliphatic rings. The van der Waals surface area contributed by atoms with Crippen molar-refractivity contribution in [1.82, 2.24) is 19.9 Å². The monoisotopic (exact) mass is 440 g/mol. The van der Waals surface area contributed by atoms with Crippen molar-refractivity contribution in [2.45, 2.75) is 39.9 Å². The second kappa shape index (κ2) is 7.79. The standard InChI is InChI=1S/C20H20ClF3N4O2/c1-9(2)11(4)25-18(29)16-15(20(22,23)24)17-19(30)26-14(8-28(17)27-16)12-5-6-13(21)10(3)7-12/h5-9,11H,1-4H3,(H,25,29)(H,26,30)/t11-/m1/s1. The Hall–Kier alpha value is -2.81. The van der Waals surface area contributed by atoms with Crippen LogP contribution in [-0.2, 0) is 6.18 Å². The summed E-state index contributed by atoms with van der Waals surface area (Å²) in [5.74, 6) is -0.987. The Morgan fingerprint density at radius 1 is 1.27 bits per heavy atom. The van der Waals surface area contributed by atoms with E-state index in [0.29, 0.717) is 10.6 Å². The topological polar surface area (TPSA) is 79.3 Å². The van der Waals surface area contributed by atoms with Crippen LogP contribution in [0.3, 0.4) is 0 Å². The van der Waals surface area contributed by atoms with Crippen LogP contribution in [0.25, 0.3) is 16.8 Å². The molecule has 6 nitrogen and oxygen atoms in total. The number of hydrogen-bond acceptors (Lipinski definition) is 3. The first-order valence-corrected chi connectivity index (χ1v) is 9.58. The number of alkyl halides is 3. The number of benzene rings is 1. The zero-order chi connectivity index (χ0) is 22.4. The summed E-state index contributed by atoms with van der Waals surface area (Å²) in [5, 5.41) is 6.84. The predicted octanol–water partition coefficient (Wildman–Crippen LogP) is 4.44. The van der Waals surface area contributed by atoms with Crippen molar-refractivity contribution in [2.75, 3.05) is 0 Å². The summed E-state index contributed by atoms with van der Waals surface area (Å²) >= 11 is 6.01. The Balaban J connectivity index is 2.21. The molecule has 3 aromatic rings. The van der Waals surface area contributed by atoms with Crippen LogP contribution < -0.4 is 10.9 Å². The number of carbonyl (C=O) groups excluding carboxylic acids is 1. The lowest BCUT2D eigenvalue weighted by Crippen LogP contribution is -2.37. The summed E-state index contributed by atoms with van der Waals surface area (Å²) in [5.41, 5.74) is -2.43. The Bertz CT molecular complexity index is 1180. The smallest absolute Gasteiger partial charge is 0.348 e. The number of aromatic amines is 1. The van der Waals surface area contributed by atoms with Gasteiger partial charge in [-0.15, -0.1) is 0 Å². The van der Waals surface area contributed by atoms with Crippen molar-refractivity contribution in [2.24, 2.45) is 5.92 Å². The lowest BCUT2D eigenvalue weighted by Gasteiger charge is -2.17. The van der Waals surface area contributed by atoms with E-state index in [1.54, 1.807) is 32.0 Å². The summed E-state index contributed by atoms with van der Waals surface area (Å²) in [6.45, 7) is 7.09. The van der Waals surface area contributed by atoms with Gasteiger partial charge in [0.1, 0.15) is 11.1 Å². The molecule has 0 aliphatic heterocycles. The van der Waals surface area contributed by atoms with E-state index in [0.717, 1.165) is 10.1 Å². The van der Waals surface area contributed by atoms with Gasteiger partial charge in [-0.1, -0.05) is 31.5 Å². The van der Waals surface area contributed by atoms with Crippen molar-refractivity contribution in [3.8, 4) is 11.3 Å². The molecule has 0 fully saturated rings. The van der Waals surface area contributed by atoms with Crippen LogP contribution in [0.1, 0.15) is 42.4 Å². The van der Waals surface area contributed by atoms with E-state index in [-0.39, 0.29) is 17.7 Å². The average molecular weight is 441 g/mol. The lowest BCUT2D eigenvalue weighted by molar-refractivity contribution is -0.136. The van der Waals surface area contributed by atoms with Crippen molar-refractivity contribution >= 4 is 23.0 Å². The van der Waals surface area contributed by atoms with Crippen LogP contribution in [0.2, 0.25) is 5.02 Å². The number of aromatic nitrogens is 3. The van der Waals surface area contributed by atoms with Crippen LogP contribution in [0.4, 0.5) is 13.2 Å². The summed E-state index contributed by atoms with van der Waals surface area (Å²) in [4.78, 5) is 27.6. The van der Waals surface area contributed by atoms with Gasteiger partial charge in [-0.25, -0.2) is 4.52 Å². The number of fused-ring (bicyclic) bond motifs is 1. The molecule has 1 aromatic carbocycles. The molecule has 160 valence electrons. The average Bonchev–Trinajstić information content (AvgIpc) is 3.04. The summed E-state index contributed by atoms with van der Waals surface area (Å²) in [6, 6.07) is 4.55. The third-order valence-electron chi connectivity index (χ3n) is 4.95. The third kappa shape index (κ3) is 4.07. The molecule has 2 heterocycles. The zero-order valence-corrected chi connectivity index (χ0v) is 17.4. The predicted molar refractivity (Wildman–Crippen MR) is 108 cm³/mol. The van der Waals surface area contributed by atoms with E-state index >= 15 is 0 Å². The van der Waals surface area contributed by atoms with Gasteiger partial charge >= 0.3 is 6.18 Å². The van der Waals surface area contributed by atoms with Gasteiger partial charge in [-0.05, 0) is 43.0 Å². The first-order chi connectivity index (χ1) is 13.9. The van der Waals surface area contributed by atoms with E-state index < -0.39 is 34.4 Å². The highest BCUT2D eigenvalue weighted by Gasteiger charge is 2.41. The highest BCUT2D eigenvalue weighted by atomic mass is 35.5. The number of rotatable bonds is 4. The van der Waals surface area contributed by atoms with Gasteiger partial charge in [0.15, 0.2) is 5.69 Å². The Labute approximate surface area is 175 Å². The molecule has 2 aromatic heterocycles. The number of aryl methyl sites for hydroxylation is 1. The van der Waals surface area contributed by atoms with Crippen LogP contribution >= 0.6 is 11.6 Å². The molecule has 30 heavy (non-hydrogen) atoms. The third-order valence-corrected chi connectivity index (χ3v) is 5.38. The van der Waals surface area contributed by atoms with Gasteiger partial charge in [0.05, 0.1) is 11.9 Å². The number of nitrogens with one attached hydrogen (secondary N) is 2. The number of carbonyl (C=O) groups is 1. The highest BCUT2D eigenvalue weighted by Crippen LogP contribution is 2.34. The first kappa shape index (κ1) is 21.9. The summed E-state index contributed by atoms with van der Waals surface area (Å²) < 4.78 is 42.1. The van der Waals surface area contributed by atoms with Crippen molar-refractivity contribution < 1.29 is 18.0 Å². The molecular formula is C20H20ClF3N4O2. The minimum atomic E-state index is -4.94. The Kier molecular flexibility index (Phi) is 5.68. The summed E-state index contributed by atoms with van der Waals surface area (Å²) in [6.07, 6.45) is -3.70. The quantitative estimate of drug-likeness (QED) is 0.629. The molecule has 2 N–H and O–H groups in total. The molecule has 0 radical (unpaired) electrons. The van der Waals surface area contributed by atoms with Crippen LogP contribution in [0.15, 0.2) is 29.2 Å².